The largest absolute Gasteiger partial charge is 0.358 e. The molecule has 2 aromatic heterocycles. The molecule has 0 saturated carbocycles. The van der Waals surface area contributed by atoms with E-state index in [1.807, 2.05) is 24.3 Å². The lowest BCUT2D eigenvalue weighted by molar-refractivity contribution is 0.315. The number of aromatic amines is 1. The Balaban J connectivity index is 1.61. The summed E-state index contributed by atoms with van der Waals surface area (Å²) >= 11 is 0. The molecule has 0 unspecified atom stereocenters. The first-order valence-electron chi connectivity index (χ1n) is 7.94. The SMILES string of the molecule is O=S(=O)(c1cccc2nonc12)N1CCc2[nH]c3ccccc3c2C1. The number of H-pyrrole nitrogens is 1. The van der Waals surface area contributed by atoms with Crippen molar-refractivity contribution in [3.8, 4) is 0 Å². The number of para-hydroxylation sites is 1. The summed E-state index contributed by atoms with van der Waals surface area (Å²) in [7, 11) is -3.69. The normalized spacial score (nSPS) is 15.7. The molecule has 0 radical (unpaired) electrons. The van der Waals surface area contributed by atoms with Crippen LogP contribution in [-0.2, 0) is 23.0 Å². The molecule has 126 valence electrons. The van der Waals surface area contributed by atoms with E-state index in [4.69, 9.17) is 4.63 Å². The van der Waals surface area contributed by atoms with E-state index >= 15 is 0 Å². The second kappa shape index (κ2) is 5.14. The lowest BCUT2D eigenvalue weighted by Crippen LogP contribution is -2.35. The smallest absolute Gasteiger partial charge is 0.245 e. The van der Waals surface area contributed by atoms with E-state index in [0.717, 1.165) is 22.2 Å². The molecular formula is C17H14N4O3S. The van der Waals surface area contributed by atoms with Crippen LogP contribution in [0, 0.1) is 0 Å². The zero-order valence-electron chi connectivity index (χ0n) is 13.1. The average molecular weight is 354 g/mol. The van der Waals surface area contributed by atoms with Gasteiger partial charge in [-0.3, -0.25) is 0 Å². The maximum atomic E-state index is 13.2. The van der Waals surface area contributed by atoms with E-state index in [2.05, 4.69) is 15.3 Å². The van der Waals surface area contributed by atoms with Gasteiger partial charge in [-0.1, -0.05) is 24.3 Å². The van der Waals surface area contributed by atoms with Crippen molar-refractivity contribution in [1.82, 2.24) is 19.6 Å². The fraction of sp³-hybridized carbons (Fsp3) is 0.176. The molecule has 0 saturated heterocycles. The Bertz CT molecular complexity index is 1210. The van der Waals surface area contributed by atoms with Crippen molar-refractivity contribution < 1.29 is 13.0 Å². The molecule has 8 heteroatoms. The van der Waals surface area contributed by atoms with Gasteiger partial charge in [0.2, 0.25) is 10.0 Å². The molecule has 25 heavy (non-hydrogen) atoms. The van der Waals surface area contributed by atoms with Crippen molar-refractivity contribution in [3.05, 3.63) is 53.7 Å². The zero-order valence-corrected chi connectivity index (χ0v) is 14.0. The van der Waals surface area contributed by atoms with Crippen LogP contribution in [0.5, 0.6) is 0 Å². The number of hydrogen-bond donors (Lipinski definition) is 1. The second-order valence-corrected chi connectivity index (χ2v) is 8.01. The first kappa shape index (κ1) is 14.6. The molecule has 2 aromatic carbocycles. The van der Waals surface area contributed by atoms with Gasteiger partial charge in [-0.15, -0.1) is 0 Å². The van der Waals surface area contributed by atoms with Crippen molar-refractivity contribution in [1.29, 1.82) is 0 Å². The number of nitrogens with zero attached hydrogens (tertiary/aromatic N) is 3. The summed E-state index contributed by atoms with van der Waals surface area (Å²) in [6.07, 6.45) is 0.649. The maximum Gasteiger partial charge on any atom is 0.245 e. The molecule has 4 aromatic rings. The van der Waals surface area contributed by atoms with Crippen molar-refractivity contribution in [2.24, 2.45) is 0 Å². The second-order valence-electron chi connectivity index (χ2n) is 6.10. The highest BCUT2D eigenvalue weighted by atomic mass is 32.2. The molecule has 1 aliphatic rings. The number of rotatable bonds is 2. The maximum absolute atomic E-state index is 13.2. The summed E-state index contributed by atoms with van der Waals surface area (Å²) in [4.78, 5) is 3.53. The van der Waals surface area contributed by atoms with E-state index in [0.29, 0.717) is 25.0 Å². The van der Waals surface area contributed by atoms with Gasteiger partial charge >= 0.3 is 0 Å². The highest BCUT2D eigenvalue weighted by Crippen LogP contribution is 2.31. The van der Waals surface area contributed by atoms with Gasteiger partial charge in [0.15, 0.2) is 5.52 Å². The lowest BCUT2D eigenvalue weighted by Gasteiger charge is -2.26. The molecule has 1 aliphatic heterocycles. The summed E-state index contributed by atoms with van der Waals surface area (Å²) in [5, 5.41) is 8.57. The van der Waals surface area contributed by atoms with Crippen LogP contribution in [0.2, 0.25) is 0 Å². The molecule has 0 fully saturated rings. The lowest BCUT2D eigenvalue weighted by atomic mass is 10.1. The van der Waals surface area contributed by atoms with E-state index in [-0.39, 0.29) is 10.4 Å². The molecule has 5 rings (SSSR count). The average Bonchev–Trinajstić information content (AvgIpc) is 3.25. The number of fused-ring (bicyclic) bond motifs is 4. The van der Waals surface area contributed by atoms with Crippen LogP contribution in [0.15, 0.2) is 52.0 Å². The molecule has 0 atom stereocenters. The Morgan fingerprint density at radius 3 is 2.88 bits per heavy atom. The van der Waals surface area contributed by atoms with Gasteiger partial charge in [0.1, 0.15) is 10.4 Å². The first-order valence-corrected chi connectivity index (χ1v) is 9.38. The Labute approximate surface area is 143 Å². The minimum Gasteiger partial charge on any atom is -0.358 e. The highest BCUT2D eigenvalue weighted by molar-refractivity contribution is 7.89. The standard InChI is InChI=1S/C17H14N4O3S/c22-25(23,16-7-3-6-15-17(16)20-24-19-15)21-9-8-14-12(10-21)11-4-1-2-5-13(11)18-14/h1-7,18H,8-10H2. The van der Waals surface area contributed by atoms with Crippen LogP contribution >= 0.6 is 0 Å². The Hall–Kier alpha value is -2.71. The van der Waals surface area contributed by atoms with Crippen molar-refractivity contribution >= 4 is 32.0 Å². The number of sulfonamides is 1. The molecule has 0 aliphatic carbocycles. The number of aromatic nitrogens is 3. The number of benzene rings is 2. The molecule has 0 amide bonds. The number of hydrogen-bond acceptors (Lipinski definition) is 5. The van der Waals surface area contributed by atoms with Crippen LogP contribution in [-0.4, -0.2) is 34.6 Å². The Morgan fingerprint density at radius 2 is 1.96 bits per heavy atom. The monoisotopic (exact) mass is 354 g/mol. The van der Waals surface area contributed by atoms with Gasteiger partial charge in [0.05, 0.1) is 0 Å². The van der Waals surface area contributed by atoms with Gasteiger partial charge in [0, 0.05) is 36.1 Å². The predicted molar refractivity (Wildman–Crippen MR) is 91.4 cm³/mol. The minimum absolute atomic E-state index is 0.134. The van der Waals surface area contributed by atoms with Gasteiger partial charge < -0.3 is 4.98 Å². The van der Waals surface area contributed by atoms with Crippen LogP contribution in [0.1, 0.15) is 11.3 Å². The van der Waals surface area contributed by atoms with Gasteiger partial charge in [-0.25, -0.2) is 13.0 Å². The predicted octanol–water partition coefficient (Wildman–Crippen LogP) is 2.45. The van der Waals surface area contributed by atoms with Crippen LogP contribution in [0.4, 0.5) is 0 Å². The van der Waals surface area contributed by atoms with Crippen molar-refractivity contribution in [2.75, 3.05) is 6.54 Å². The molecule has 0 bridgehead atoms. The van der Waals surface area contributed by atoms with E-state index in [1.165, 1.54) is 4.31 Å². The topological polar surface area (TPSA) is 92.1 Å². The fourth-order valence-electron chi connectivity index (χ4n) is 3.48. The third-order valence-electron chi connectivity index (χ3n) is 4.71. The van der Waals surface area contributed by atoms with Crippen molar-refractivity contribution in [3.63, 3.8) is 0 Å². The van der Waals surface area contributed by atoms with Crippen LogP contribution < -0.4 is 0 Å². The quantitative estimate of drug-likeness (QED) is 0.597. The summed E-state index contributed by atoms with van der Waals surface area (Å²) < 4.78 is 32.5. The van der Waals surface area contributed by atoms with Crippen molar-refractivity contribution in [2.45, 2.75) is 17.9 Å². The first-order chi connectivity index (χ1) is 12.1. The van der Waals surface area contributed by atoms with Gasteiger partial charge in [-0.2, -0.15) is 4.31 Å². The molecule has 1 N–H and O–H groups in total. The fourth-order valence-corrected chi connectivity index (χ4v) is 5.02. The molecule has 3 heterocycles. The third-order valence-corrected chi connectivity index (χ3v) is 6.59. The summed E-state index contributed by atoms with van der Waals surface area (Å²) in [5.41, 5.74) is 3.89. The van der Waals surface area contributed by atoms with Gasteiger partial charge in [-0.05, 0) is 34.1 Å². The highest BCUT2D eigenvalue weighted by Gasteiger charge is 2.32. The third kappa shape index (κ3) is 2.11. The van der Waals surface area contributed by atoms with Gasteiger partial charge in [0.25, 0.3) is 0 Å². The Morgan fingerprint density at radius 1 is 1.08 bits per heavy atom. The van der Waals surface area contributed by atoms with Crippen LogP contribution in [0.25, 0.3) is 21.9 Å². The van der Waals surface area contributed by atoms with Crippen LogP contribution in [0.3, 0.4) is 0 Å². The minimum atomic E-state index is -3.69. The zero-order chi connectivity index (χ0) is 17.0. The summed E-state index contributed by atoms with van der Waals surface area (Å²) in [6.45, 7) is 0.757. The summed E-state index contributed by atoms with van der Waals surface area (Å²) in [5.74, 6) is 0. The summed E-state index contributed by atoms with van der Waals surface area (Å²) in [6, 6.07) is 12.8. The van der Waals surface area contributed by atoms with E-state index in [1.54, 1.807) is 18.2 Å². The number of nitrogens with one attached hydrogen (secondary N) is 1. The molecule has 7 nitrogen and oxygen atoms in total. The molecule has 0 spiro atoms. The Kier molecular flexibility index (Phi) is 3.01. The van der Waals surface area contributed by atoms with E-state index < -0.39 is 10.0 Å². The van der Waals surface area contributed by atoms with E-state index in [9.17, 15) is 8.42 Å². The molecular weight excluding hydrogens is 340 g/mol.